The number of hydrogen-bond acceptors (Lipinski definition) is 6. The first-order valence-corrected chi connectivity index (χ1v) is 10.2. The van der Waals surface area contributed by atoms with Gasteiger partial charge in [0.05, 0.1) is 28.8 Å². The third-order valence-corrected chi connectivity index (χ3v) is 5.27. The van der Waals surface area contributed by atoms with Crippen molar-refractivity contribution in [2.75, 3.05) is 5.32 Å². The van der Waals surface area contributed by atoms with Crippen molar-refractivity contribution in [2.45, 2.75) is 26.9 Å². The molecule has 2 heterocycles. The van der Waals surface area contributed by atoms with Crippen molar-refractivity contribution in [3.63, 3.8) is 0 Å². The number of fused-ring (bicyclic) bond motifs is 1. The smallest absolute Gasteiger partial charge is 0.324 e. The number of rotatable bonds is 5. The molecule has 0 unspecified atom stereocenters. The van der Waals surface area contributed by atoms with Gasteiger partial charge in [-0.15, -0.1) is 0 Å². The van der Waals surface area contributed by atoms with Crippen LogP contribution in [0.5, 0.6) is 0 Å². The minimum Gasteiger partial charge on any atom is -0.324 e. The van der Waals surface area contributed by atoms with Gasteiger partial charge in [0.2, 0.25) is 5.95 Å². The van der Waals surface area contributed by atoms with Crippen molar-refractivity contribution in [3.05, 3.63) is 79.2 Å². The van der Waals surface area contributed by atoms with E-state index in [0.717, 1.165) is 26.6 Å². The van der Waals surface area contributed by atoms with Gasteiger partial charge in [-0.2, -0.15) is 15.3 Å². The van der Waals surface area contributed by atoms with Crippen LogP contribution in [0.15, 0.2) is 46.1 Å². The van der Waals surface area contributed by atoms with Gasteiger partial charge >= 0.3 is 11.4 Å². The van der Waals surface area contributed by atoms with E-state index in [9.17, 15) is 9.59 Å². The van der Waals surface area contributed by atoms with Crippen molar-refractivity contribution >= 4 is 34.1 Å². The summed E-state index contributed by atoms with van der Waals surface area (Å²) in [5, 5.41) is 17.6. The highest BCUT2D eigenvalue weighted by Gasteiger charge is 2.16. The molecule has 32 heavy (non-hydrogen) atoms. The van der Waals surface area contributed by atoms with Crippen LogP contribution in [0.4, 0.5) is 11.6 Å². The molecule has 9 nitrogen and oxygen atoms in total. The van der Waals surface area contributed by atoms with Crippen molar-refractivity contribution in [1.82, 2.24) is 23.9 Å². The van der Waals surface area contributed by atoms with Crippen LogP contribution in [0.3, 0.4) is 0 Å². The van der Waals surface area contributed by atoms with Crippen LogP contribution in [-0.4, -0.2) is 23.9 Å². The zero-order chi connectivity index (χ0) is 23.0. The Morgan fingerprint density at radius 1 is 1.09 bits per heavy atom. The summed E-state index contributed by atoms with van der Waals surface area (Å²) in [6.45, 7) is 3.71. The Hall–Kier alpha value is -3.90. The van der Waals surface area contributed by atoms with E-state index in [-0.39, 0.29) is 19.0 Å². The quantitative estimate of drug-likeness (QED) is 0.501. The van der Waals surface area contributed by atoms with Gasteiger partial charge in [-0.3, -0.25) is 9.25 Å². The minimum absolute atomic E-state index is 0.0403. The highest BCUT2D eigenvalue weighted by atomic mass is 35.5. The number of nitriles is 1. The van der Waals surface area contributed by atoms with Gasteiger partial charge < -0.3 is 5.32 Å². The Balaban J connectivity index is 1.85. The minimum atomic E-state index is -0.811. The van der Waals surface area contributed by atoms with Gasteiger partial charge in [0.1, 0.15) is 6.54 Å². The molecule has 162 valence electrons. The van der Waals surface area contributed by atoms with E-state index in [1.54, 1.807) is 23.9 Å². The number of anilines is 2. The van der Waals surface area contributed by atoms with Gasteiger partial charge in [0.25, 0.3) is 0 Å². The van der Waals surface area contributed by atoms with Crippen LogP contribution in [0.2, 0.25) is 5.02 Å². The lowest BCUT2D eigenvalue weighted by molar-refractivity contribution is 0.599. The lowest BCUT2D eigenvalue weighted by Gasteiger charge is -2.16. The van der Waals surface area contributed by atoms with Gasteiger partial charge in [0.15, 0.2) is 0 Å². The normalized spacial score (nSPS) is 11.0. The van der Waals surface area contributed by atoms with Crippen LogP contribution in [0, 0.1) is 25.2 Å². The molecule has 0 saturated heterocycles. The van der Waals surface area contributed by atoms with E-state index in [2.05, 4.69) is 15.4 Å². The molecule has 1 N–H and O–H groups in total. The third-order valence-electron chi connectivity index (χ3n) is 4.96. The first kappa shape index (κ1) is 21.3. The molecular formula is C22H20ClN7O2. The highest BCUT2D eigenvalue weighted by molar-refractivity contribution is 6.34. The number of aromatic nitrogens is 5. The number of aryl methyl sites for hydroxylation is 3. The fraction of sp³-hybridized carbons (Fsp3) is 0.227. The average Bonchev–Trinajstić information content (AvgIpc) is 3.06. The van der Waals surface area contributed by atoms with E-state index in [0.29, 0.717) is 16.2 Å². The molecule has 0 amide bonds. The first-order chi connectivity index (χ1) is 15.2. The molecule has 0 fully saturated rings. The molecule has 0 saturated carbocycles. The third kappa shape index (κ3) is 4.13. The molecule has 0 aliphatic rings. The molecule has 2 aromatic carbocycles. The molecule has 0 aliphatic carbocycles. The number of nitrogens with one attached hydrogen (secondary N) is 1. The molecule has 0 aliphatic heterocycles. The summed E-state index contributed by atoms with van der Waals surface area (Å²) in [7, 11) is 1.80. The van der Waals surface area contributed by atoms with Crippen molar-refractivity contribution in [2.24, 2.45) is 7.05 Å². The fourth-order valence-corrected chi connectivity index (χ4v) is 3.91. The van der Waals surface area contributed by atoms with E-state index in [1.807, 2.05) is 44.3 Å². The van der Waals surface area contributed by atoms with Crippen LogP contribution in [0.1, 0.15) is 16.7 Å². The summed E-state index contributed by atoms with van der Waals surface area (Å²) >= 11 is 6.42. The molecule has 4 aromatic rings. The summed E-state index contributed by atoms with van der Waals surface area (Å²) in [5.41, 5.74) is 2.71. The highest BCUT2D eigenvalue weighted by Crippen LogP contribution is 2.29. The zero-order valence-corrected chi connectivity index (χ0v) is 18.5. The number of benzene rings is 2. The van der Waals surface area contributed by atoms with Gasteiger partial charge in [-0.05, 0) is 31.5 Å². The number of nitrogens with zero attached hydrogens (tertiary/aromatic N) is 6. The van der Waals surface area contributed by atoms with E-state index in [1.165, 1.54) is 4.57 Å². The van der Waals surface area contributed by atoms with Crippen LogP contribution < -0.4 is 16.7 Å². The number of halogens is 1. The van der Waals surface area contributed by atoms with Crippen LogP contribution in [-0.2, 0) is 20.1 Å². The Morgan fingerprint density at radius 2 is 1.81 bits per heavy atom. The lowest BCUT2D eigenvalue weighted by atomic mass is 10.1. The van der Waals surface area contributed by atoms with Crippen molar-refractivity contribution in [1.29, 1.82) is 5.26 Å². The van der Waals surface area contributed by atoms with Gasteiger partial charge in [-0.1, -0.05) is 40.9 Å². The standard InChI is InChI=1S/C22H20ClN7O2/c1-13-6-14(2)8-15(7-13)11-30-20(26-21(31)29(5-4-24)22(30)32)25-19-9-16-12-28(3)27-18(16)10-17(19)23/h6-10,12H,5,11H2,1-3H3,(H,25,26,31). The molecular weight excluding hydrogens is 430 g/mol. The SMILES string of the molecule is Cc1cc(C)cc(Cn2c(Nc3cc4cn(C)nc4cc3Cl)nc(=O)n(CC#N)c2=O)c1. The molecule has 0 radical (unpaired) electrons. The maximum absolute atomic E-state index is 13.1. The number of hydrogen-bond donors (Lipinski definition) is 1. The maximum Gasteiger partial charge on any atom is 0.355 e. The molecule has 4 rings (SSSR count). The Labute approximate surface area is 188 Å². The van der Waals surface area contributed by atoms with Crippen LogP contribution in [0.25, 0.3) is 10.9 Å². The first-order valence-electron chi connectivity index (χ1n) is 9.81. The maximum atomic E-state index is 13.1. The predicted molar refractivity (Wildman–Crippen MR) is 122 cm³/mol. The summed E-state index contributed by atoms with van der Waals surface area (Å²) in [5.74, 6) is 0.0403. The molecule has 0 bridgehead atoms. The van der Waals surface area contributed by atoms with Crippen molar-refractivity contribution in [3.8, 4) is 6.07 Å². The van der Waals surface area contributed by atoms with Crippen LogP contribution >= 0.6 is 11.6 Å². The monoisotopic (exact) mass is 449 g/mol. The average molecular weight is 450 g/mol. The summed E-state index contributed by atoms with van der Waals surface area (Å²) in [4.78, 5) is 29.6. The topological polar surface area (TPSA) is 111 Å². The van der Waals surface area contributed by atoms with Gasteiger partial charge in [0, 0.05) is 18.6 Å². The van der Waals surface area contributed by atoms with Crippen molar-refractivity contribution < 1.29 is 0 Å². The molecule has 2 aromatic heterocycles. The molecule has 0 spiro atoms. The zero-order valence-electron chi connectivity index (χ0n) is 17.8. The Kier molecular flexibility index (Phi) is 5.55. The molecule has 0 atom stereocenters. The second-order valence-electron chi connectivity index (χ2n) is 7.65. The largest absolute Gasteiger partial charge is 0.355 e. The van der Waals surface area contributed by atoms with E-state index < -0.39 is 11.4 Å². The summed E-state index contributed by atoms with van der Waals surface area (Å²) in [6.07, 6.45) is 1.83. The van der Waals surface area contributed by atoms with Gasteiger partial charge in [-0.25, -0.2) is 14.2 Å². The van der Waals surface area contributed by atoms with E-state index >= 15 is 0 Å². The Bertz CT molecular complexity index is 1490. The predicted octanol–water partition coefficient (Wildman–Crippen LogP) is 2.88. The second kappa shape index (κ2) is 8.32. The van der Waals surface area contributed by atoms with E-state index in [4.69, 9.17) is 16.9 Å². The second-order valence-corrected chi connectivity index (χ2v) is 8.05. The Morgan fingerprint density at radius 3 is 2.50 bits per heavy atom. The fourth-order valence-electron chi connectivity index (χ4n) is 3.70. The summed E-state index contributed by atoms with van der Waals surface area (Å²) < 4.78 is 3.80. The molecule has 10 heteroatoms. The summed E-state index contributed by atoms with van der Waals surface area (Å²) in [6, 6.07) is 11.3. The lowest BCUT2D eigenvalue weighted by Crippen LogP contribution is -2.42.